The zero-order valence-corrected chi connectivity index (χ0v) is 31.6. The lowest BCUT2D eigenvalue weighted by atomic mass is 10.0. The number of nitrogens with one attached hydrogen (secondary N) is 3. The minimum Gasteiger partial charge on any atom is -0.382 e. The number of amides is 1. The molecule has 0 unspecified atom stereocenters. The molecular weight excluding hydrogens is 632 g/mol. The van der Waals surface area contributed by atoms with E-state index >= 15 is 0 Å². The van der Waals surface area contributed by atoms with Crippen molar-refractivity contribution < 1.29 is 9.59 Å². The van der Waals surface area contributed by atoms with Gasteiger partial charge < -0.3 is 36.1 Å². The normalized spacial score (nSPS) is 12.0. The van der Waals surface area contributed by atoms with Crippen LogP contribution in [0, 0.1) is 0 Å². The van der Waals surface area contributed by atoms with Gasteiger partial charge in [-0.2, -0.15) is 9.97 Å². The fraction of sp³-hybridized carbons (Fsp3) is 0.649. The van der Waals surface area contributed by atoms with Crippen LogP contribution < -0.4 is 22.1 Å². The molecule has 0 fully saturated rings. The number of fused-ring (bicyclic) bond motifs is 1. The second-order valence-electron chi connectivity index (χ2n) is 14.5. The van der Waals surface area contributed by atoms with Gasteiger partial charge in [0, 0.05) is 37.0 Å². The Hall–Kier alpha value is -3.81. The number of unbranched alkanes of at least 4 members (excludes halogenated alkanes) is 2. The molecule has 0 atom stereocenters. The number of rotatable bonds is 23. The highest BCUT2D eigenvalue weighted by atomic mass is 16.2. The third kappa shape index (κ3) is 13.5. The van der Waals surface area contributed by atoms with Crippen molar-refractivity contribution in [2.24, 2.45) is 0 Å². The van der Waals surface area contributed by atoms with Gasteiger partial charge in [-0.25, -0.2) is 4.79 Å². The Morgan fingerprint density at radius 3 is 2.14 bits per heavy atom. The number of anilines is 2. The van der Waals surface area contributed by atoms with Gasteiger partial charge in [-0.3, -0.25) is 14.2 Å². The fourth-order valence-electron chi connectivity index (χ4n) is 5.57. The Bertz CT molecular complexity index is 1540. The first-order valence-corrected chi connectivity index (χ1v) is 18.3. The quantitative estimate of drug-likeness (QED) is 0.0838. The van der Waals surface area contributed by atoms with E-state index in [1.54, 1.807) is 12.1 Å². The van der Waals surface area contributed by atoms with Gasteiger partial charge >= 0.3 is 5.69 Å². The lowest BCUT2D eigenvalue weighted by Crippen LogP contribution is -2.39. The number of hydrogen-bond acceptors (Lipinski definition) is 10. The van der Waals surface area contributed by atoms with Gasteiger partial charge in [0.1, 0.15) is 5.52 Å². The van der Waals surface area contributed by atoms with E-state index in [9.17, 15) is 14.4 Å². The SMILES string of the molecule is CCCCNc1nc(N)c2[nH]c(=O)n(Cc3ccc(C(=O)CCC(=O)NCCCN(C)CCCCN(C)CCCN(C)C(C)(C)C)cc3)c2n1. The third-order valence-corrected chi connectivity index (χ3v) is 9.21. The molecule has 13 nitrogen and oxygen atoms in total. The molecule has 0 aliphatic heterocycles. The molecule has 2 heterocycles. The van der Waals surface area contributed by atoms with E-state index in [-0.39, 0.29) is 48.1 Å². The van der Waals surface area contributed by atoms with Gasteiger partial charge in [0.15, 0.2) is 17.2 Å². The summed E-state index contributed by atoms with van der Waals surface area (Å²) in [4.78, 5) is 56.6. The molecule has 50 heavy (non-hydrogen) atoms. The zero-order chi connectivity index (χ0) is 36.7. The minimum absolute atomic E-state index is 0.0955. The number of imidazole rings is 1. The van der Waals surface area contributed by atoms with Crippen molar-refractivity contribution in [1.82, 2.24) is 39.5 Å². The number of aromatic amines is 1. The van der Waals surface area contributed by atoms with Gasteiger partial charge in [0.2, 0.25) is 11.9 Å². The second-order valence-corrected chi connectivity index (χ2v) is 14.5. The van der Waals surface area contributed by atoms with E-state index in [4.69, 9.17) is 5.73 Å². The topological polar surface area (TPSA) is 158 Å². The van der Waals surface area contributed by atoms with E-state index in [2.05, 4.69) is 89.1 Å². The number of carbonyl (C=O) groups excluding carboxylic acids is 2. The first-order chi connectivity index (χ1) is 23.8. The van der Waals surface area contributed by atoms with E-state index in [1.807, 2.05) is 12.1 Å². The van der Waals surface area contributed by atoms with Crippen LogP contribution in [0.5, 0.6) is 0 Å². The molecular formula is C37H62N10O3. The van der Waals surface area contributed by atoms with Crippen LogP contribution in [0.2, 0.25) is 0 Å². The van der Waals surface area contributed by atoms with Crippen molar-refractivity contribution in [2.45, 2.75) is 91.1 Å². The van der Waals surface area contributed by atoms with Crippen molar-refractivity contribution in [2.75, 3.05) is 78.0 Å². The summed E-state index contributed by atoms with van der Waals surface area (Å²) in [6, 6.07) is 7.09. The van der Waals surface area contributed by atoms with Crippen LogP contribution in [0.25, 0.3) is 11.2 Å². The van der Waals surface area contributed by atoms with Gasteiger partial charge in [-0.05, 0) is 112 Å². The summed E-state index contributed by atoms with van der Waals surface area (Å²) in [7, 11) is 6.53. The van der Waals surface area contributed by atoms with Crippen LogP contribution >= 0.6 is 0 Å². The van der Waals surface area contributed by atoms with Gasteiger partial charge in [-0.1, -0.05) is 37.6 Å². The zero-order valence-electron chi connectivity index (χ0n) is 31.6. The van der Waals surface area contributed by atoms with Crippen LogP contribution in [0.15, 0.2) is 29.1 Å². The molecule has 0 aliphatic rings. The van der Waals surface area contributed by atoms with Crippen molar-refractivity contribution in [1.29, 1.82) is 0 Å². The number of aromatic nitrogens is 4. The summed E-state index contributed by atoms with van der Waals surface area (Å²) >= 11 is 0. The standard InChI is InChI=1S/C37H62N10O3/c1-8-9-20-40-35-42-33(38)32-34(43-35)47(36(50)41-32)27-28-14-16-29(17-15-28)30(48)18-19-31(49)39-21-12-24-44(5)22-10-11-23-45(6)25-13-26-46(7)37(2,3)4/h14-17H,8-13,18-27H2,1-7H3,(H,39,49)(H,41,50)(H3,38,40,42,43). The summed E-state index contributed by atoms with van der Waals surface area (Å²) in [6.45, 7) is 15.7. The molecule has 278 valence electrons. The van der Waals surface area contributed by atoms with Crippen LogP contribution in [0.1, 0.15) is 95.0 Å². The highest BCUT2D eigenvalue weighted by molar-refractivity contribution is 5.98. The maximum Gasteiger partial charge on any atom is 0.328 e. The molecule has 0 saturated carbocycles. The minimum atomic E-state index is -0.339. The van der Waals surface area contributed by atoms with Crippen LogP contribution in [-0.2, 0) is 11.3 Å². The number of ketones is 1. The molecule has 0 spiro atoms. The summed E-state index contributed by atoms with van der Waals surface area (Å²) in [5.41, 5.74) is 8.15. The van der Waals surface area contributed by atoms with Crippen molar-refractivity contribution >= 4 is 34.6 Å². The number of nitrogens with zero attached hydrogens (tertiary/aromatic N) is 6. The molecule has 3 rings (SSSR count). The van der Waals surface area contributed by atoms with E-state index in [0.29, 0.717) is 35.8 Å². The van der Waals surface area contributed by atoms with Crippen molar-refractivity contribution in [3.8, 4) is 0 Å². The van der Waals surface area contributed by atoms with Gasteiger partial charge in [-0.15, -0.1) is 0 Å². The summed E-state index contributed by atoms with van der Waals surface area (Å²) in [5, 5.41) is 6.11. The van der Waals surface area contributed by atoms with Crippen molar-refractivity contribution in [3.63, 3.8) is 0 Å². The molecule has 13 heteroatoms. The van der Waals surface area contributed by atoms with E-state index < -0.39 is 0 Å². The fourth-order valence-corrected chi connectivity index (χ4v) is 5.57. The van der Waals surface area contributed by atoms with Crippen LogP contribution in [-0.4, -0.2) is 118 Å². The molecule has 0 aliphatic carbocycles. The molecule has 0 bridgehead atoms. The number of hydrogen-bond donors (Lipinski definition) is 4. The molecule has 0 radical (unpaired) electrons. The molecule has 1 aromatic carbocycles. The largest absolute Gasteiger partial charge is 0.382 e. The summed E-state index contributed by atoms with van der Waals surface area (Å²) in [6.07, 6.45) is 6.66. The average Bonchev–Trinajstić information content (AvgIpc) is 3.38. The maximum atomic E-state index is 12.8. The van der Waals surface area contributed by atoms with Crippen molar-refractivity contribution in [3.05, 3.63) is 45.9 Å². The van der Waals surface area contributed by atoms with E-state index in [1.165, 1.54) is 17.4 Å². The molecule has 2 aromatic heterocycles. The Balaban J connectivity index is 1.32. The average molecular weight is 695 g/mol. The predicted molar refractivity (Wildman–Crippen MR) is 204 cm³/mol. The molecule has 5 N–H and O–H groups in total. The predicted octanol–water partition coefficient (Wildman–Crippen LogP) is 4.20. The lowest BCUT2D eigenvalue weighted by Gasteiger charge is -2.32. The maximum absolute atomic E-state index is 12.8. The monoisotopic (exact) mass is 695 g/mol. The Kier molecular flexibility index (Phi) is 16.4. The number of nitrogen functional groups attached to an aromatic ring is 1. The highest BCUT2D eigenvalue weighted by Crippen LogP contribution is 2.18. The van der Waals surface area contributed by atoms with Crippen LogP contribution in [0.4, 0.5) is 11.8 Å². The number of H-pyrrole nitrogens is 1. The first kappa shape index (κ1) is 40.6. The number of Topliss-reactive ketones (excluding diaryl/α,β-unsaturated/α-hetero) is 1. The summed E-state index contributed by atoms with van der Waals surface area (Å²) < 4.78 is 1.51. The lowest BCUT2D eigenvalue weighted by molar-refractivity contribution is -0.121. The highest BCUT2D eigenvalue weighted by Gasteiger charge is 2.17. The Morgan fingerprint density at radius 2 is 1.50 bits per heavy atom. The Labute approximate surface area is 298 Å². The molecule has 3 aromatic rings. The Morgan fingerprint density at radius 1 is 0.860 bits per heavy atom. The third-order valence-electron chi connectivity index (χ3n) is 9.21. The first-order valence-electron chi connectivity index (χ1n) is 18.3. The second kappa shape index (κ2) is 20.1. The number of benzene rings is 1. The smallest absolute Gasteiger partial charge is 0.328 e. The molecule has 1 amide bonds. The van der Waals surface area contributed by atoms with Gasteiger partial charge in [0.05, 0.1) is 6.54 Å². The summed E-state index contributed by atoms with van der Waals surface area (Å²) in [5.74, 6) is 0.377. The van der Waals surface area contributed by atoms with E-state index in [0.717, 1.165) is 64.0 Å². The molecule has 0 saturated heterocycles. The van der Waals surface area contributed by atoms with Gasteiger partial charge in [0.25, 0.3) is 0 Å². The number of carbonyl (C=O) groups is 2. The number of nitrogens with two attached hydrogens (primary N) is 1. The van der Waals surface area contributed by atoms with Crippen LogP contribution in [0.3, 0.4) is 0 Å².